The number of fused-ring (bicyclic) bond motifs is 1. The molecule has 0 saturated carbocycles. The van der Waals surface area contributed by atoms with Crippen LogP contribution in [0.25, 0.3) is 0 Å². The molecule has 0 N–H and O–H groups in total. The van der Waals surface area contributed by atoms with Gasteiger partial charge in [0.1, 0.15) is 0 Å². The Bertz CT molecular complexity index is 512. The Hall–Kier alpha value is -2.04. The molecule has 2 heterocycles. The van der Waals surface area contributed by atoms with Gasteiger partial charge in [0.05, 0.1) is 6.54 Å². The zero-order valence-corrected chi connectivity index (χ0v) is 9.85. The van der Waals surface area contributed by atoms with Crippen molar-refractivity contribution in [1.82, 2.24) is 4.90 Å². The number of benzene rings is 1. The Balaban J connectivity index is 1.81. The summed E-state index contributed by atoms with van der Waals surface area (Å²) in [6.45, 7) is 1.04. The molecule has 0 aliphatic carbocycles. The highest BCUT2D eigenvalue weighted by Crippen LogP contribution is 2.32. The van der Waals surface area contributed by atoms with Crippen molar-refractivity contribution >= 4 is 11.7 Å². The zero-order valence-electron chi connectivity index (χ0n) is 9.85. The molecule has 0 bridgehead atoms. The predicted octanol–water partition coefficient (Wildman–Crippen LogP) is 1.22. The zero-order chi connectivity index (χ0) is 12.5. The van der Waals surface area contributed by atoms with Gasteiger partial charge < -0.3 is 14.4 Å². The molecule has 0 atom stereocenters. The van der Waals surface area contributed by atoms with Gasteiger partial charge in [-0.3, -0.25) is 9.59 Å². The normalized spacial score (nSPS) is 18.0. The first-order valence-corrected chi connectivity index (χ1v) is 5.95. The summed E-state index contributed by atoms with van der Waals surface area (Å²) < 4.78 is 10.4. The molecular formula is C13H13NO4. The first-order chi connectivity index (χ1) is 8.74. The van der Waals surface area contributed by atoms with Gasteiger partial charge in [-0.2, -0.15) is 0 Å². The van der Waals surface area contributed by atoms with Crippen LogP contribution in [0.5, 0.6) is 11.5 Å². The number of rotatable bonds is 1. The molecule has 1 aromatic rings. The lowest BCUT2D eigenvalue weighted by molar-refractivity contribution is -0.121. The van der Waals surface area contributed by atoms with E-state index in [0.29, 0.717) is 30.0 Å². The highest BCUT2D eigenvalue weighted by atomic mass is 16.7. The maximum absolute atomic E-state index is 12.2. The Morgan fingerprint density at radius 1 is 1.22 bits per heavy atom. The van der Waals surface area contributed by atoms with Crippen molar-refractivity contribution in [2.45, 2.75) is 12.8 Å². The maximum Gasteiger partial charge on any atom is 0.254 e. The monoisotopic (exact) mass is 247 g/mol. The van der Waals surface area contributed by atoms with E-state index in [2.05, 4.69) is 0 Å². The number of nitrogens with zero attached hydrogens (tertiary/aromatic N) is 1. The largest absolute Gasteiger partial charge is 0.454 e. The van der Waals surface area contributed by atoms with Crippen molar-refractivity contribution in [2.75, 3.05) is 19.9 Å². The van der Waals surface area contributed by atoms with Crippen LogP contribution in [-0.4, -0.2) is 36.5 Å². The quantitative estimate of drug-likeness (QED) is 0.748. The molecule has 5 heteroatoms. The van der Waals surface area contributed by atoms with E-state index in [1.807, 2.05) is 0 Å². The van der Waals surface area contributed by atoms with Gasteiger partial charge >= 0.3 is 0 Å². The first-order valence-electron chi connectivity index (χ1n) is 5.95. The second kappa shape index (κ2) is 4.33. The smallest absolute Gasteiger partial charge is 0.254 e. The number of ether oxygens (including phenoxy) is 2. The molecule has 0 aromatic heterocycles. The Kier molecular flexibility index (Phi) is 2.66. The SMILES string of the molecule is O=C1CCCN(C(=O)c2ccc3c(c2)OCO3)C1. The summed E-state index contributed by atoms with van der Waals surface area (Å²) in [5.74, 6) is 1.24. The van der Waals surface area contributed by atoms with Crippen LogP contribution >= 0.6 is 0 Å². The van der Waals surface area contributed by atoms with Crippen LogP contribution in [0.4, 0.5) is 0 Å². The van der Waals surface area contributed by atoms with Gasteiger partial charge in [0, 0.05) is 18.5 Å². The molecule has 1 fully saturated rings. The first kappa shape index (κ1) is 11.1. The van der Waals surface area contributed by atoms with E-state index in [-0.39, 0.29) is 25.0 Å². The molecular weight excluding hydrogens is 234 g/mol. The van der Waals surface area contributed by atoms with Crippen molar-refractivity contribution < 1.29 is 19.1 Å². The van der Waals surface area contributed by atoms with E-state index < -0.39 is 0 Å². The molecule has 0 radical (unpaired) electrons. The van der Waals surface area contributed by atoms with Crippen molar-refractivity contribution in [3.05, 3.63) is 23.8 Å². The molecule has 0 spiro atoms. The van der Waals surface area contributed by atoms with Crippen LogP contribution in [0, 0.1) is 0 Å². The average molecular weight is 247 g/mol. The molecule has 1 aromatic carbocycles. The number of Topliss-reactive ketones (excluding diaryl/α,β-unsaturated/α-hetero) is 1. The molecule has 2 aliphatic heterocycles. The highest BCUT2D eigenvalue weighted by Gasteiger charge is 2.24. The van der Waals surface area contributed by atoms with Crippen LogP contribution in [-0.2, 0) is 4.79 Å². The Morgan fingerprint density at radius 3 is 2.89 bits per heavy atom. The number of hydrogen-bond donors (Lipinski definition) is 0. The minimum atomic E-state index is -0.124. The summed E-state index contributed by atoms with van der Waals surface area (Å²) in [6.07, 6.45) is 1.32. The van der Waals surface area contributed by atoms with Crippen LogP contribution in [0.3, 0.4) is 0 Å². The van der Waals surface area contributed by atoms with Gasteiger partial charge in [-0.1, -0.05) is 0 Å². The summed E-state index contributed by atoms with van der Waals surface area (Å²) in [6, 6.07) is 5.10. The molecule has 2 aliphatic rings. The van der Waals surface area contributed by atoms with Gasteiger partial charge in [0.2, 0.25) is 6.79 Å². The lowest BCUT2D eigenvalue weighted by Gasteiger charge is -2.25. The number of piperidine rings is 1. The number of hydrogen-bond acceptors (Lipinski definition) is 4. The van der Waals surface area contributed by atoms with Crippen molar-refractivity contribution in [1.29, 1.82) is 0 Å². The van der Waals surface area contributed by atoms with Crippen LogP contribution in [0.15, 0.2) is 18.2 Å². The van der Waals surface area contributed by atoms with E-state index in [0.717, 1.165) is 6.42 Å². The molecule has 5 nitrogen and oxygen atoms in total. The number of amides is 1. The third-order valence-corrected chi connectivity index (χ3v) is 3.16. The van der Waals surface area contributed by atoms with Gasteiger partial charge in [0.25, 0.3) is 5.91 Å². The Morgan fingerprint density at radius 2 is 2.06 bits per heavy atom. The van der Waals surface area contributed by atoms with Gasteiger partial charge in [-0.05, 0) is 24.6 Å². The Labute approximate surface area is 104 Å². The van der Waals surface area contributed by atoms with E-state index in [1.54, 1.807) is 23.1 Å². The predicted molar refractivity (Wildman–Crippen MR) is 62.7 cm³/mol. The lowest BCUT2D eigenvalue weighted by Crippen LogP contribution is -2.40. The minimum absolute atomic E-state index is 0.121. The summed E-state index contributed by atoms with van der Waals surface area (Å²) in [5, 5.41) is 0. The molecule has 0 unspecified atom stereocenters. The molecule has 18 heavy (non-hydrogen) atoms. The van der Waals surface area contributed by atoms with Crippen molar-refractivity contribution in [3.63, 3.8) is 0 Å². The van der Waals surface area contributed by atoms with Crippen molar-refractivity contribution in [3.8, 4) is 11.5 Å². The number of likely N-dealkylation sites (tertiary alicyclic amines) is 1. The minimum Gasteiger partial charge on any atom is -0.454 e. The number of ketones is 1. The fraction of sp³-hybridized carbons (Fsp3) is 0.385. The average Bonchev–Trinajstić information content (AvgIpc) is 2.85. The molecule has 94 valence electrons. The fourth-order valence-electron chi connectivity index (χ4n) is 2.22. The van der Waals surface area contributed by atoms with E-state index in [4.69, 9.17) is 9.47 Å². The van der Waals surface area contributed by atoms with E-state index >= 15 is 0 Å². The van der Waals surface area contributed by atoms with Gasteiger partial charge in [-0.25, -0.2) is 0 Å². The third kappa shape index (κ3) is 1.92. The summed E-state index contributed by atoms with van der Waals surface area (Å²) >= 11 is 0. The van der Waals surface area contributed by atoms with Gasteiger partial charge in [0.15, 0.2) is 17.3 Å². The van der Waals surface area contributed by atoms with Crippen LogP contribution in [0.2, 0.25) is 0 Å². The van der Waals surface area contributed by atoms with Gasteiger partial charge in [-0.15, -0.1) is 0 Å². The number of carbonyl (C=O) groups is 2. The molecule has 1 amide bonds. The van der Waals surface area contributed by atoms with Crippen molar-refractivity contribution in [2.24, 2.45) is 0 Å². The third-order valence-electron chi connectivity index (χ3n) is 3.16. The number of carbonyl (C=O) groups excluding carboxylic acids is 2. The maximum atomic E-state index is 12.2. The van der Waals surface area contributed by atoms with Crippen LogP contribution < -0.4 is 9.47 Å². The standard InChI is InChI=1S/C13H13NO4/c15-10-2-1-5-14(7-10)13(16)9-3-4-11-12(6-9)18-8-17-11/h3-4,6H,1-2,5,7-8H2. The highest BCUT2D eigenvalue weighted by molar-refractivity contribution is 5.97. The molecule has 1 saturated heterocycles. The lowest BCUT2D eigenvalue weighted by atomic mass is 10.1. The summed E-state index contributed by atoms with van der Waals surface area (Å²) in [7, 11) is 0. The fourth-order valence-corrected chi connectivity index (χ4v) is 2.22. The van der Waals surface area contributed by atoms with Crippen LogP contribution in [0.1, 0.15) is 23.2 Å². The second-order valence-electron chi connectivity index (χ2n) is 4.44. The van der Waals surface area contributed by atoms with E-state index in [9.17, 15) is 9.59 Å². The molecule has 3 rings (SSSR count). The second-order valence-corrected chi connectivity index (χ2v) is 4.44. The summed E-state index contributed by atoms with van der Waals surface area (Å²) in [4.78, 5) is 25.2. The topological polar surface area (TPSA) is 55.8 Å². The van der Waals surface area contributed by atoms with E-state index in [1.165, 1.54) is 0 Å². The summed E-state index contributed by atoms with van der Waals surface area (Å²) in [5.41, 5.74) is 0.536.